The second-order valence-electron chi connectivity index (χ2n) is 5.43. The summed E-state index contributed by atoms with van der Waals surface area (Å²) < 4.78 is 5.27. The standard InChI is InChI=1S/C13H26N2O3/c1-10(2)5-11(7-14)6-13(17)15-3-4-18-9-12(15)8-16/h10-12,16H,3-9,14H2,1-2H3. The highest BCUT2D eigenvalue weighted by molar-refractivity contribution is 5.77. The molecule has 0 aromatic heterocycles. The molecular weight excluding hydrogens is 232 g/mol. The fraction of sp³-hybridized carbons (Fsp3) is 0.923. The lowest BCUT2D eigenvalue weighted by Gasteiger charge is -2.35. The lowest BCUT2D eigenvalue weighted by atomic mass is 9.93. The quantitative estimate of drug-likeness (QED) is 0.714. The van der Waals surface area contributed by atoms with Gasteiger partial charge in [-0.05, 0) is 24.8 Å². The van der Waals surface area contributed by atoms with Gasteiger partial charge in [-0.3, -0.25) is 4.79 Å². The molecule has 0 aliphatic carbocycles. The molecule has 1 fully saturated rings. The Hall–Kier alpha value is -0.650. The van der Waals surface area contributed by atoms with Gasteiger partial charge >= 0.3 is 0 Å². The first-order valence-corrected chi connectivity index (χ1v) is 6.76. The van der Waals surface area contributed by atoms with E-state index in [4.69, 9.17) is 10.5 Å². The number of hydrogen-bond acceptors (Lipinski definition) is 4. The van der Waals surface area contributed by atoms with Crippen molar-refractivity contribution in [3.63, 3.8) is 0 Å². The van der Waals surface area contributed by atoms with Gasteiger partial charge in [-0.15, -0.1) is 0 Å². The van der Waals surface area contributed by atoms with E-state index in [1.165, 1.54) is 0 Å². The summed E-state index contributed by atoms with van der Waals surface area (Å²) in [5.41, 5.74) is 5.72. The number of amides is 1. The molecule has 1 aliphatic rings. The summed E-state index contributed by atoms with van der Waals surface area (Å²) in [6.45, 7) is 6.33. The highest BCUT2D eigenvalue weighted by Gasteiger charge is 2.28. The molecule has 0 aromatic carbocycles. The number of rotatable bonds is 6. The molecule has 18 heavy (non-hydrogen) atoms. The first-order chi connectivity index (χ1) is 8.58. The Kier molecular flexibility index (Phi) is 6.60. The molecule has 1 aliphatic heterocycles. The molecule has 106 valence electrons. The number of carbonyl (C=O) groups is 1. The smallest absolute Gasteiger partial charge is 0.223 e. The minimum atomic E-state index is -0.191. The lowest BCUT2D eigenvalue weighted by molar-refractivity contribution is -0.142. The number of carbonyl (C=O) groups excluding carboxylic acids is 1. The van der Waals surface area contributed by atoms with E-state index < -0.39 is 0 Å². The van der Waals surface area contributed by atoms with E-state index in [1.54, 1.807) is 4.90 Å². The normalized spacial score (nSPS) is 22.3. The number of nitrogens with zero attached hydrogens (tertiary/aromatic N) is 1. The van der Waals surface area contributed by atoms with Gasteiger partial charge in [-0.2, -0.15) is 0 Å². The third-order valence-corrected chi connectivity index (χ3v) is 3.36. The molecule has 0 bridgehead atoms. The lowest BCUT2D eigenvalue weighted by Crippen LogP contribution is -2.51. The van der Waals surface area contributed by atoms with Gasteiger partial charge in [0, 0.05) is 13.0 Å². The zero-order chi connectivity index (χ0) is 13.5. The Labute approximate surface area is 109 Å². The number of nitrogens with two attached hydrogens (primary N) is 1. The van der Waals surface area contributed by atoms with E-state index in [2.05, 4.69) is 13.8 Å². The van der Waals surface area contributed by atoms with Crippen molar-refractivity contribution in [3.05, 3.63) is 0 Å². The summed E-state index contributed by atoms with van der Waals surface area (Å²) in [6.07, 6.45) is 1.45. The largest absolute Gasteiger partial charge is 0.394 e. The molecule has 0 saturated carbocycles. The number of aliphatic hydroxyl groups is 1. The zero-order valence-corrected chi connectivity index (χ0v) is 11.5. The van der Waals surface area contributed by atoms with Gasteiger partial charge in [-0.1, -0.05) is 13.8 Å². The summed E-state index contributed by atoms with van der Waals surface area (Å²) in [5, 5.41) is 9.25. The predicted octanol–water partition coefficient (Wildman–Crippen LogP) is 0.217. The van der Waals surface area contributed by atoms with Crippen LogP contribution in [0.15, 0.2) is 0 Å². The molecule has 1 saturated heterocycles. The summed E-state index contributed by atoms with van der Waals surface area (Å²) in [5.74, 6) is 0.873. The fourth-order valence-corrected chi connectivity index (χ4v) is 2.43. The third-order valence-electron chi connectivity index (χ3n) is 3.36. The first-order valence-electron chi connectivity index (χ1n) is 6.76. The second-order valence-corrected chi connectivity index (χ2v) is 5.43. The van der Waals surface area contributed by atoms with Gasteiger partial charge in [0.15, 0.2) is 0 Å². The van der Waals surface area contributed by atoms with E-state index >= 15 is 0 Å². The van der Waals surface area contributed by atoms with Crippen molar-refractivity contribution in [2.75, 3.05) is 32.9 Å². The maximum absolute atomic E-state index is 12.2. The monoisotopic (exact) mass is 258 g/mol. The van der Waals surface area contributed by atoms with E-state index in [1.807, 2.05) is 0 Å². The van der Waals surface area contributed by atoms with Gasteiger partial charge < -0.3 is 20.5 Å². The van der Waals surface area contributed by atoms with Crippen LogP contribution in [0.2, 0.25) is 0 Å². The number of ether oxygens (including phenoxy) is 1. The number of aliphatic hydroxyl groups excluding tert-OH is 1. The average Bonchev–Trinajstić information content (AvgIpc) is 2.37. The molecule has 2 atom stereocenters. The summed E-state index contributed by atoms with van der Waals surface area (Å²) in [4.78, 5) is 14.0. The van der Waals surface area contributed by atoms with E-state index in [-0.39, 0.29) is 24.5 Å². The maximum Gasteiger partial charge on any atom is 0.223 e. The Bertz CT molecular complexity index is 259. The van der Waals surface area contributed by atoms with E-state index in [0.717, 1.165) is 6.42 Å². The summed E-state index contributed by atoms with van der Waals surface area (Å²) >= 11 is 0. The van der Waals surface area contributed by atoms with Crippen LogP contribution in [0.3, 0.4) is 0 Å². The minimum Gasteiger partial charge on any atom is -0.394 e. The molecule has 5 heteroatoms. The Morgan fingerprint density at radius 1 is 1.56 bits per heavy atom. The molecule has 3 N–H and O–H groups in total. The van der Waals surface area contributed by atoms with Crippen LogP contribution in [0.25, 0.3) is 0 Å². The molecule has 1 rings (SSSR count). The average molecular weight is 258 g/mol. The van der Waals surface area contributed by atoms with Crippen LogP contribution in [0, 0.1) is 11.8 Å². The van der Waals surface area contributed by atoms with Crippen molar-refractivity contribution >= 4 is 5.91 Å². The predicted molar refractivity (Wildman–Crippen MR) is 70.0 cm³/mol. The van der Waals surface area contributed by atoms with Crippen LogP contribution in [-0.2, 0) is 9.53 Å². The van der Waals surface area contributed by atoms with Crippen LogP contribution < -0.4 is 5.73 Å². The molecule has 0 spiro atoms. The summed E-state index contributed by atoms with van der Waals surface area (Å²) in [7, 11) is 0. The highest BCUT2D eigenvalue weighted by Crippen LogP contribution is 2.17. The van der Waals surface area contributed by atoms with Crippen LogP contribution >= 0.6 is 0 Å². The van der Waals surface area contributed by atoms with Crippen molar-refractivity contribution in [3.8, 4) is 0 Å². The first kappa shape index (κ1) is 15.4. The minimum absolute atomic E-state index is 0.0385. The molecule has 0 aromatic rings. The molecule has 1 heterocycles. The topological polar surface area (TPSA) is 75.8 Å². The maximum atomic E-state index is 12.2. The molecule has 5 nitrogen and oxygen atoms in total. The summed E-state index contributed by atoms with van der Waals surface area (Å²) in [6, 6.07) is -0.191. The van der Waals surface area contributed by atoms with Crippen molar-refractivity contribution in [2.24, 2.45) is 17.6 Å². The zero-order valence-electron chi connectivity index (χ0n) is 11.5. The van der Waals surface area contributed by atoms with Crippen LogP contribution in [-0.4, -0.2) is 54.9 Å². The molecule has 1 amide bonds. The van der Waals surface area contributed by atoms with Gasteiger partial charge in [0.05, 0.1) is 25.9 Å². The molecule has 2 unspecified atom stereocenters. The highest BCUT2D eigenvalue weighted by atomic mass is 16.5. The van der Waals surface area contributed by atoms with Crippen molar-refractivity contribution in [1.82, 2.24) is 4.90 Å². The Morgan fingerprint density at radius 2 is 2.28 bits per heavy atom. The van der Waals surface area contributed by atoms with Gasteiger partial charge in [0.1, 0.15) is 0 Å². The van der Waals surface area contributed by atoms with Crippen molar-refractivity contribution in [2.45, 2.75) is 32.7 Å². The molecular formula is C13H26N2O3. The third kappa shape index (κ3) is 4.55. The number of morpholine rings is 1. The van der Waals surface area contributed by atoms with Crippen molar-refractivity contribution in [1.29, 1.82) is 0 Å². The Balaban J connectivity index is 2.51. The fourth-order valence-electron chi connectivity index (χ4n) is 2.43. The Morgan fingerprint density at radius 3 is 2.83 bits per heavy atom. The van der Waals surface area contributed by atoms with E-state index in [9.17, 15) is 9.90 Å². The van der Waals surface area contributed by atoms with Crippen LogP contribution in [0.1, 0.15) is 26.7 Å². The van der Waals surface area contributed by atoms with Gasteiger partial charge in [0.25, 0.3) is 0 Å². The van der Waals surface area contributed by atoms with E-state index in [0.29, 0.717) is 38.6 Å². The SMILES string of the molecule is CC(C)CC(CN)CC(=O)N1CCOCC1CO. The van der Waals surface area contributed by atoms with Crippen LogP contribution in [0.5, 0.6) is 0 Å². The number of hydrogen-bond donors (Lipinski definition) is 2. The van der Waals surface area contributed by atoms with Crippen LogP contribution in [0.4, 0.5) is 0 Å². The second kappa shape index (κ2) is 7.71. The molecule has 0 radical (unpaired) electrons. The van der Waals surface area contributed by atoms with Crippen molar-refractivity contribution < 1.29 is 14.6 Å². The van der Waals surface area contributed by atoms with Gasteiger partial charge in [0.2, 0.25) is 5.91 Å². The van der Waals surface area contributed by atoms with Gasteiger partial charge in [-0.25, -0.2) is 0 Å².